The molecule has 0 spiro atoms. The van der Waals surface area contributed by atoms with Gasteiger partial charge in [-0.15, -0.1) is 0 Å². The van der Waals surface area contributed by atoms with Crippen molar-refractivity contribution in [3.8, 4) is 6.07 Å². The number of hydrogen-bond donors (Lipinski definition) is 2. The fourth-order valence-corrected chi connectivity index (χ4v) is 2.55. The number of hydrogen-bond acceptors (Lipinski definition) is 6. The number of pyridine rings is 1. The summed E-state index contributed by atoms with van der Waals surface area (Å²) in [5, 5.41) is 12.9. The van der Waals surface area contributed by atoms with Gasteiger partial charge >= 0.3 is 0 Å². The maximum Gasteiger partial charge on any atom is 0.177 e. The van der Waals surface area contributed by atoms with E-state index < -0.39 is 0 Å². The van der Waals surface area contributed by atoms with Gasteiger partial charge in [-0.25, -0.2) is 4.98 Å². The van der Waals surface area contributed by atoms with Crippen molar-refractivity contribution in [3.63, 3.8) is 0 Å². The third-order valence-corrected chi connectivity index (χ3v) is 3.53. The average Bonchev–Trinajstić information content (AvgIpc) is 3.11. The molecule has 6 nitrogen and oxygen atoms in total. The fourth-order valence-electron chi connectivity index (χ4n) is 2.36. The summed E-state index contributed by atoms with van der Waals surface area (Å²) in [6.07, 6.45) is 2.06. The monoisotopic (exact) mass is 330 g/mol. The highest BCUT2D eigenvalue weighted by molar-refractivity contribution is 6.30. The van der Waals surface area contributed by atoms with Gasteiger partial charge in [0.2, 0.25) is 0 Å². The number of anilines is 1. The molecule has 0 radical (unpaired) electrons. The van der Waals surface area contributed by atoms with Crippen molar-refractivity contribution >= 4 is 28.4 Å². The Labute approximate surface area is 137 Å². The zero-order valence-electron chi connectivity index (χ0n) is 12.5. The van der Waals surface area contributed by atoms with Crippen LogP contribution in [0.25, 0.3) is 11.1 Å². The van der Waals surface area contributed by atoms with E-state index >= 15 is 0 Å². The predicted octanol–water partition coefficient (Wildman–Crippen LogP) is 3.45. The number of nitrogens with two attached hydrogens (primary N) is 1. The van der Waals surface area contributed by atoms with E-state index in [0.29, 0.717) is 41.1 Å². The highest BCUT2D eigenvalue weighted by Gasteiger charge is 2.20. The molecular weight excluding hydrogens is 316 g/mol. The van der Waals surface area contributed by atoms with Gasteiger partial charge < -0.3 is 19.9 Å². The van der Waals surface area contributed by atoms with Crippen molar-refractivity contribution < 1.29 is 8.83 Å². The first-order valence-electron chi connectivity index (χ1n) is 7.12. The molecule has 0 aliphatic heterocycles. The van der Waals surface area contributed by atoms with Gasteiger partial charge in [0, 0.05) is 18.5 Å². The number of aromatic nitrogens is 1. The van der Waals surface area contributed by atoms with Crippen LogP contribution in [0.3, 0.4) is 0 Å². The Morgan fingerprint density at radius 3 is 3.00 bits per heavy atom. The molecule has 3 aromatic heterocycles. The average molecular weight is 331 g/mol. The van der Waals surface area contributed by atoms with Crippen LogP contribution in [0.15, 0.2) is 33.3 Å². The molecule has 3 aromatic rings. The van der Waals surface area contributed by atoms with Gasteiger partial charge in [0.25, 0.3) is 0 Å². The second-order valence-corrected chi connectivity index (χ2v) is 5.68. The fraction of sp³-hybridized carbons (Fsp3) is 0.250. The van der Waals surface area contributed by atoms with E-state index in [0.717, 1.165) is 5.76 Å². The van der Waals surface area contributed by atoms with E-state index in [1.54, 1.807) is 12.3 Å². The van der Waals surface area contributed by atoms with Gasteiger partial charge in [0.15, 0.2) is 5.58 Å². The molecule has 0 saturated carbocycles. The summed E-state index contributed by atoms with van der Waals surface area (Å²) >= 11 is 6.08. The van der Waals surface area contributed by atoms with Crippen LogP contribution in [0, 0.1) is 11.3 Å². The lowest BCUT2D eigenvalue weighted by Gasteiger charge is -2.05. The SMILES string of the molecule is C[C@H](N)Cc1oc2c(NCc3ccco3)cc(Cl)nc2c1C#N. The van der Waals surface area contributed by atoms with Crippen LogP contribution in [-0.4, -0.2) is 11.0 Å². The molecule has 3 N–H and O–H groups in total. The quantitative estimate of drug-likeness (QED) is 0.695. The maximum absolute atomic E-state index is 9.41. The van der Waals surface area contributed by atoms with Crippen molar-refractivity contribution in [2.75, 3.05) is 5.32 Å². The molecule has 7 heteroatoms. The van der Waals surface area contributed by atoms with Crippen LogP contribution in [0.1, 0.15) is 24.0 Å². The van der Waals surface area contributed by atoms with Crippen LogP contribution in [0.2, 0.25) is 5.15 Å². The molecule has 0 saturated heterocycles. The van der Waals surface area contributed by atoms with Gasteiger partial charge in [0.05, 0.1) is 18.5 Å². The van der Waals surface area contributed by atoms with Crippen LogP contribution in [0.4, 0.5) is 5.69 Å². The van der Waals surface area contributed by atoms with Crippen molar-refractivity contribution in [1.82, 2.24) is 4.98 Å². The Hall–Kier alpha value is -2.49. The normalized spacial score (nSPS) is 12.3. The van der Waals surface area contributed by atoms with Gasteiger partial charge in [-0.05, 0) is 19.1 Å². The Balaban J connectivity index is 2.03. The molecule has 0 unspecified atom stereocenters. The lowest BCUT2D eigenvalue weighted by molar-refractivity contribution is 0.516. The highest BCUT2D eigenvalue weighted by atomic mass is 35.5. The Kier molecular flexibility index (Phi) is 4.24. The summed E-state index contributed by atoms with van der Waals surface area (Å²) in [6, 6.07) is 7.34. The molecule has 118 valence electrons. The third-order valence-electron chi connectivity index (χ3n) is 3.34. The molecule has 0 aliphatic carbocycles. The number of nitrogens with zero attached hydrogens (tertiary/aromatic N) is 2. The predicted molar refractivity (Wildman–Crippen MR) is 87.1 cm³/mol. The maximum atomic E-state index is 9.41. The van der Waals surface area contributed by atoms with E-state index in [9.17, 15) is 5.26 Å². The molecule has 0 bridgehead atoms. The summed E-state index contributed by atoms with van der Waals surface area (Å²) in [5.41, 5.74) is 7.78. The second kappa shape index (κ2) is 6.32. The molecule has 0 amide bonds. The van der Waals surface area contributed by atoms with Crippen LogP contribution < -0.4 is 11.1 Å². The van der Waals surface area contributed by atoms with Crippen LogP contribution in [0.5, 0.6) is 0 Å². The van der Waals surface area contributed by atoms with E-state index in [2.05, 4.69) is 16.4 Å². The number of furan rings is 2. The van der Waals surface area contributed by atoms with Crippen molar-refractivity contribution in [3.05, 3.63) is 46.7 Å². The summed E-state index contributed by atoms with van der Waals surface area (Å²) in [7, 11) is 0. The molecule has 0 aliphatic rings. The van der Waals surface area contributed by atoms with Crippen LogP contribution >= 0.6 is 11.6 Å². The summed E-state index contributed by atoms with van der Waals surface area (Å²) in [5.74, 6) is 1.29. The number of nitriles is 1. The van der Waals surface area contributed by atoms with Gasteiger partial charge in [-0.1, -0.05) is 11.6 Å². The minimum absolute atomic E-state index is 0.127. The van der Waals surface area contributed by atoms with Gasteiger partial charge in [-0.2, -0.15) is 5.26 Å². The zero-order valence-corrected chi connectivity index (χ0v) is 13.2. The molecule has 0 aromatic carbocycles. The summed E-state index contributed by atoms with van der Waals surface area (Å²) < 4.78 is 11.1. The molecule has 3 heterocycles. The van der Waals surface area contributed by atoms with E-state index in [1.807, 2.05) is 19.1 Å². The Morgan fingerprint density at radius 1 is 1.52 bits per heavy atom. The van der Waals surface area contributed by atoms with E-state index in [1.165, 1.54) is 0 Å². The molecule has 0 fully saturated rings. The lowest BCUT2D eigenvalue weighted by atomic mass is 10.1. The van der Waals surface area contributed by atoms with Crippen molar-refractivity contribution in [2.45, 2.75) is 25.9 Å². The lowest BCUT2D eigenvalue weighted by Crippen LogP contribution is -2.17. The molecule has 3 rings (SSSR count). The smallest absolute Gasteiger partial charge is 0.177 e. The number of halogens is 1. The Morgan fingerprint density at radius 2 is 2.35 bits per heavy atom. The standard InChI is InChI=1S/C16H15ClN4O2/c1-9(19)5-13-11(7-18)15-16(23-13)12(6-14(17)21-15)20-8-10-3-2-4-22-10/h2-4,6,9H,5,8,19H2,1H3,(H,20,21)/t9-/m0/s1. The number of fused-ring (bicyclic) bond motifs is 1. The van der Waals surface area contributed by atoms with Crippen LogP contribution in [-0.2, 0) is 13.0 Å². The first-order valence-corrected chi connectivity index (χ1v) is 7.50. The molecular formula is C16H15ClN4O2. The first-order chi connectivity index (χ1) is 11.1. The summed E-state index contributed by atoms with van der Waals surface area (Å²) in [6.45, 7) is 2.32. The largest absolute Gasteiger partial charge is 0.467 e. The number of nitrogens with one attached hydrogen (secondary N) is 1. The Bertz CT molecular complexity index is 862. The van der Waals surface area contributed by atoms with E-state index in [4.69, 9.17) is 26.2 Å². The van der Waals surface area contributed by atoms with Crippen molar-refractivity contribution in [2.24, 2.45) is 5.73 Å². The van der Waals surface area contributed by atoms with E-state index in [-0.39, 0.29) is 11.2 Å². The van der Waals surface area contributed by atoms with Crippen molar-refractivity contribution in [1.29, 1.82) is 5.26 Å². The first kappa shape index (κ1) is 15.4. The summed E-state index contributed by atoms with van der Waals surface area (Å²) in [4.78, 5) is 4.22. The van der Waals surface area contributed by atoms with Gasteiger partial charge in [-0.3, -0.25) is 0 Å². The second-order valence-electron chi connectivity index (χ2n) is 5.30. The molecule has 23 heavy (non-hydrogen) atoms. The highest BCUT2D eigenvalue weighted by Crippen LogP contribution is 2.32. The molecule has 1 atom stereocenters. The topological polar surface area (TPSA) is 101 Å². The zero-order chi connectivity index (χ0) is 16.4. The third kappa shape index (κ3) is 3.16. The number of rotatable bonds is 5. The minimum atomic E-state index is -0.127. The minimum Gasteiger partial charge on any atom is -0.467 e. The van der Waals surface area contributed by atoms with Gasteiger partial charge in [0.1, 0.15) is 33.8 Å².